The zero-order chi connectivity index (χ0) is 24.8. The van der Waals surface area contributed by atoms with Crippen molar-refractivity contribution >= 4 is 17.8 Å². The highest BCUT2D eigenvalue weighted by Gasteiger charge is 2.25. The normalized spacial score (nSPS) is 11.8. The van der Waals surface area contributed by atoms with Gasteiger partial charge in [-0.1, -0.05) is 89.6 Å². The number of aryl methyl sites for hydroxylation is 2. The summed E-state index contributed by atoms with van der Waals surface area (Å²) in [5.74, 6) is 1.48. The van der Waals surface area contributed by atoms with Gasteiger partial charge in [-0.3, -0.25) is 4.57 Å². The van der Waals surface area contributed by atoms with Gasteiger partial charge in [-0.15, -0.1) is 10.2 Å². The summed E-state index contributed by atoms with van der Waals surface area (Å²) in [6.45, 7) is 4.17. The van der Waals surface area contributed by atoms with E-state index in [1.165, 1.54) is 21.6 Å². The maximum Gasteiger partial charge on any atom is 0.317 e. The summed E-state index contributed by atoms with van der Waals surface area (Å²) in [5, 5.41) is 13.1. The van der Waals surface area contributed by atoms with Crippen LogP contribution in [-0.2, 0) is 12.2 Å². The van der Waals surface area contributed by atoms with Gasteiger partial charge in [-0.05, 0) is 37.1 Å². The van der Waals surface area contributed by atoms with Gasteiger partial charge in [-0.2, -0.15) is 0 Å². The Bertz CT molecular complexity index is 1270. The van der Waals surface area contributed by atoms with Crippen LogP contribution in [0.15, 0.2) is 84.0 Å². The van der Waals surface area contributed by atoms with Gasteiger partial charge in [0.25, 0.3) is 0 Å². The fraction of sp³-hybridized carbons (Fsp3) is 0.250. The zero-order valence-electron chi connectivity index (χ0n) is 20.6. The van der Waals surface area contributed by atoms with Crippen LogP contribution in [0.25, 0.3) is 5.69 Å². The number of urea groups is 1. The van der Waals surface area contributed by atoms with Crippen molar-refractivity contribution in [2.45, 2.75) is 37.2 Å². The molecule has 180 valence electrons. The Morgan fingerprint density at radius 3 is 2.31 bits per heavy atom. The molecule has 2 amide bonds. The summed E-state index contributed by atoms with van der Waals surface area (Å²) in [5.41, 5.74) is 5.73. The van der Waals surface area contributed by atoms with Crippen molar-refractivity contribution in [1.29, 1.82) is 0 Å². The molecule has 35 heavy (non-hydrogen) atoms. The molecule has 0 saturated heterocycles. The Kier molecular flexibility index (Phi) is 7.87. The van der Waals surface area contributed by atoms with Crippen molar-refractivity contribution in [3.8, 4) is 5.69 Å². The van der Waals surface area contributed by atoms with Crippen molar-refractivity contribution in [2.24, 2.45) is 0 Å². The summed E-state index contributed by atoms with van der Waals surface area (Å²) in [4.78, 5) is 14.3. The van der Waals surface area contributed by atoms with E-state index >= 15 is 0 Å². The van der Waals surface area contributed by atoms with Crippen LogP contribution in [0.4, 0.5) is 4.79 Å². The molecule has 6 nitrogen and oxygen atoms in total. The second-order valence-electron chi connectivity index (χ2n) is 8.88. The maximum atomic E-state index is 12.7. The lowest BCUT2D eigenvalue weighted by Gasteiger charge is -2.22. The molecular weight excluding hydrogens is 454 g/mol. The first-order valence-corrected chi connectivity index (χ1v) is 12.6. The summed E-state index contributed by atoms with van der Waals surface area (Å²) in [6, 6.07) is 26.4. The summed E-state index contributed by atoms with van der Waals surface area (Å²) < 4.78 is 2.07. The zero-order valence-corrected chi connectivity index (χ0v) is 21.4. The lowest BCUT2D eigenvalue weighted by atomic mass is 10.1. The largest absolute Gasteiger partial charge is 0.331 e. The van der Waals surface area contributed by atoms with E-state index in [2.05, 4.69) is 94.6 Å². The van der Waals surface area contributed by atoms with E-state index in [9.17, 15) is 4.79 Å². The number of carbonyl (C=O) groups is 1. The molecule has 1 aromatic heterocycles. The van der Waals surface area contributed by atoms with Crippen molar-refractivity contribution in [3.05, 3.63) is 107 Å². The molecule has 4 aromatic rings. The fourth-order valence-corrected chi connectivity index (χ4v) is 4.72. The van der Waals surface area contributed by atoms with Crippen molar-refractivity contribution in [3.63, 3.8) is 0 Å². The second-order valence-corrected chi connectivity index (χ2v) is 9.82. The van der Waals surface area contributed by atoms with Gasteiger partial charge in [0.1, 0.15) is 0 Å². The lowest BCUT2D eigenvalue weighted by molar-refractivity contribution is 0.212. The monoisotopic (exact) mass is 485 g/mol. The topological polar surface area (TPSA) is 63.1 Å². The Morgan fingerprint density at radius 1 is 0.914 bits per heavy atom. The van der Waals surface area contributed by atoms with Crippen molar-refractivity contribution in [1.82, 2.24) is 25.0 Å². The third-order valence-electron chi connectivity index (χ3n) is 5.70. The molecule has 0 spiro atoms. The summed E-state index contributed by atoms with van der Waals surface area (Å²) in [6.07, 6.45) is 0.604. The molecule has 0 saturated carbocycles. The number of rotatable bonds is 8. The van der Waals surface area contributed by atoms with E-state index in [-0.39, 0.29) is 12.1 Å². The third-order valence-corrected chi connectivity index (χ3v) is 6.70. The number of benzene rings is 3. The molecule has 0 fully saturated rings. The fourth-order valence-electron chi connectivity index (χ4n) is 3.82. The average Bonchev–Trinajstić information content (AvgIpc) is 3.27. The summed E-state index contributed by atoms with van der Waals surface area (Å²) in [7, 11) is 3.48. The molecule has 0 aliphatic heterocycles. The number of amides is 2. The van der Waals surface area contributed by atoms with Crippen LogP contribution in [-0.4, -0.2) is 39.8 Å². The van der Waals surface area contributed by atoms with Crippen LogP contribution >= 0.6 is 11.8 Å². The first kappa shape index (κ1) is 24.5. The van der Waals surface area contributed by atoms with E-state index in [4.69, 9.17) is 0 Å². The molecule has 1 N–H and O–H groups in total. The molecule has 0 aliphatic carbocycles. The highest BCUT2D eigenvalue weighted by atomic mass is 32.2. The van der Waals surface area contributed by atoms with Crippen LogP contribution < -0.4 is 5.32 Å². The molecule has 0 radical (unpaired) electrons. The number of aromatic nitrogens is 3. The number of nitrogens with zero attached hydrogens (tertiary/aromatic N) is 4. The number of nitrogens with one attached hydrogen (secondary N) is 1. The first-order chi connectivity index (χ1) is 16.9. The lowest BCUT2D eigenvalue weighted by Crippen LogP contribution is -2.39. The highest BCUT2D eigenvalue weighted by Crippen LogP contribution is 2.29. The minimum Gasteiger partial charge on any atom is -0.331 e. The molecule has 7 heteroatoms. The van der Waals surface area contributed by atoms with Gasteiger partial charge in [-0.25, -0.2) is 4.79 Å². The Labute approximate surface area is 211 Å². The predicted molar refractivity (Wildman–Crippen MR) is 142 cm³/mol. The minimum absolute atomic E-state index is 0.168. The molecule has 3 aromatic carbocycles. The molecule has 1 heterocycles. The SMILES string of the molecule is Cc1ccc(-n2c(SCc3cccc(C)c3)nnc2C(Cc2ccccc2)NC(=O)N(C)C)cc1. The number of carbonyl (C=O) groups excluding carboxylic acids is 1. The molecular formula is C28H31N5OS. The van der Waals surface area contributed by atoms with E-state index in [1.807, 2.05) is 18.2 Å². The van der Waals surface area contributed by atoms with E-state index in [1.54, 1.807) is 25.9 Å². The van der Waals surface area contributed by atoms with Crippen LogP contribution in [0, 0.1) is 13.8 Å². The third kappa shape index (κ3) is 6.31. The number of hydrogen-bond acceptors (Lipinski definition) is 4. The van der Waals surface area contributed by atoms with Gasteiger partial charge < -0.3 is 10.2 Å². The molecule has 4 rings (SSSR count). The van der Waals surface area contributed by atoms with Crippen LogP contribution in [0.5, 0.6) is 0 Å². The van der Waals surface area contributed by atoms with Gasteiger partial charge in [0.15, 0.2) is 11.0 Å². The Balaban J connectivity index is 1.73. The van der Waals surface area contributed by atoms with E-state index in [0.717, 1.165) is 22.2 Å². The predicted octanol–water partition coefficient (Wildman–Crippen LogP) is 5.73. The average molecular weight is 486 g/mol. The number of hydrogen-bond donors (Lipinski definition) is 1. The van der Waals surface area contributed by atoms with Gasteiger partial charge >= 0.3 is 6.03 Å². The maximum absolute atomic E-state index is 12.7. The van der Waals surface area contributed by atoms with Crippen molar-refractivity contribution in [2.75, 3.05) is 14.1 Å². The van der Waals surface area contributed by atoms with Crippen LogP contribution in [0.3, 0.4) is 0 Å². The molecule has 1 unspecified atom stereocenters. The molecule has 0 aliphatic rings. The van der Waals surface area contributed by atoms with E-state index in [0.29, 0.717) is 12.2 Å². The number of thioether (sulfide) groups is 1. The van der Waals surface area contributed by atoms with Crippen LogP contribution in [0.1, 0.15) is 34.1 Å². The van der Waals surface area contributed by atoms with Crippen molar-refractivity contribution < 1.29 is 4.79 Å². The van der Waals surface area contributed by atoms with Gasteiger partial charge in [0.2, 0.25) is 0 Å². The Hall–Kier alpha value is -3.58. The Morgan fingerprint density at radius 2 is 1.63 bits per heavy atom. The highest BCUT2D eigenvalue weighted by molar-refractivity contribution is 7.98. The van der Waals surface area contributed by atoms with Gasteiger partial charge in [0.05, 0.1) is 6.04 Å². The standard InChI is InChI=1S/C28H31N5OS/c1-20-13-15-24(16-14-20)33-26(30-31-28(33)35-19-23-12-8-9-21(2)17-23)25(29-27(34)32(3)4)18-22-10-6-5-7-11-22/h5-17,25H,18-19H2,1-4H3,(H,29,34). The van der Waals surface area contributed by atoms with Gasteiger partial charge in [0, 0.05) is 32.0 Å². The quantitative estimate of drug-likeness (QED) is 0.324. The smallest absolute Gasteiger partial charge is 0.317 e. The minimum atomic E-state index is -0.352. The second kappa shape index (κ2) is 11.2. The summed E-state index contributed by atoms with van der Waals surface area (Å²) >= 11 is 1.64. The first-order valence-electron chi connectivity index (χ1n) is 11.6. The van der Waals surface area contributed by atoms with E-state index < -0.39 is 0 Å². The molecule has 0 bridgehead atoms. The van der Waals surface area contributed by atoms with Crippen LogP contribution in [0.2, 0.25) is 0 Å². The molecule has 1 atom stereocenters.